The fourth-order valence-electron chi connectivity index (χ4n) is 1.63. The van der Waals surface area contributed by atoms with E-state index in [1.54, 1.807) is 19.9 Å². The van der Waals surface area contributed by atoms with Gasteiger partial charge in [0.25, 0.3) is 0 Å². The lowest BCUT2D eigenvalue weighted by Crippen LogP contribution is -2.12. The maximum atomic E-state index is 11.0. The second-order valence-corrected chi connectivity index (χ2v) is 3.25. The molecule has 15 heavy (non-hydrogen) atoms. The lowest BCUT2D eigenvalue weighted by Gasteiger charge is -2.10. The largest absolute Gasteiger partial charge is 0.478 e. The van der Waals surface area contributed by atoms with Gasteiger partial charge in [0.1, 0.15) is 0 Å². The van der Waals surface area contributed by atoms with Crippen LogP contribution < -0.4 is 0 Å². The number of hydrogen-bond acceptors (Lipinski definition) is 2. The molecule has 0 saturated heterocycles. The van der Waals surface area contributed by atoms with Gasteiger partial charge in [0.2, 0.25) is 0 Å². The molecule has 1 aromatic rings. The van der Waals surface area contributed by atoms with Crippen molar-refractivity contribution in [2.75, 3.05) is 0 Å². The van der Waals surface area contributed by atoms with E-state index in [2.05, 4.69) is 0 Å². The smallest absolute Gasteiger partial charge is 0.336 e. The Morgan fingerprint density at radius 1 is 1.20 bits per heavy atom. The van der Waals surface area contributed by atoms with Crippen molar-refractivity contribution < 1.29 is 19.8 Å². The van der Waals surface area contributed by atoms with Gasteiger partial charge in [-0.25, -0.2) is 9.59 Å². The molecule has 0 spiro atoms. The van der Waals surface area contributed by atoms with Crippen LogP contribution in [-0.2, 0) is 6.42 Å². The zero-order valence-corrected chi connectivity index (χ0v) is 8.57. The predicted molar refractivity (Wildman–Crippen MR) is 54.5 cm³/mol. The standard InChI is InChI=1S/C11H12O4/c1-3-7-6(2)4-5-8(10(12)13)9(7)11(14)15/h4-5H,3H2,1-2H3,(H,12,13)(H,14,15). The average molecular weight is 208 g/mol. The summed E-state index contributed by atoms with van der Waals surface area (Å²) in [6.45, 7) is 3.58. The summed E-state index contributed by atoms with van der Waals surface area (Å²) in [5, 5.41) is 17.8. The maximum absolute atomic E-state index is 11.0. The molecule has 0 radical (unpaired) electrons. The summed E-state index contributed by atoms with van der Waals surface area (Å²) in [5.41, 5.74) is 1.15. The minimum atomic E-state index is -1.21. The van der Waals surface area contributed by atoms with Crippen molar-refractivity contribution in [2.45, 2.75) is 20.3 Å². The van der Waals surface area contributed by atoms with Crippen LogP contribution in [0.15, 0.2) is 12.1 Å². The van der Waals surface area contributed by atoms with Crippen LogP contribution in [0.3, 0.4) is 0 Å². The number of rotatable bonds is 3. The van der Waals surface area contributed by atoms with Gasteiger partial charge in [-0.05, 0) is 30.5 Å². The topological polar surface area (TPSA) is 74.6 Å². The zero-order chi connectivity index (χ0) is 11.6. The van der Waals surface area contributed by atoms with E-state index < -0.39 is 11.9 Å². The van der Waals surface area contributed by atoms with Crippen LogP contribution in [0.2, 0.25) is 0 Å². The molecule has 1 rings (SSSR count). The molecule has 0 unspecified atom stereocenters. The summed E-state index contributed by atoms with van der Waals surface area (Å²) in [6, 6.07) is 2.97. The highest BCUT2D eigenvalue weighted by molar-refractivity contribution is 6.03. The van der Waals surface area contributed by atoms with Gasteiger partial charge in [0.05, 0.1) is 11.1 Å². The summed E-state index contributed by atoms with van der Waals surface area (Å²) < 4.78 is 0. The van der Waals surface area contributed by atoms with Gasteiger partial charge in [-0.3, -0.25) is 0 Å². The molecule has 0 aromatic heterocycles. The Bertz CT molecular complexity index is 421. The minimum absolute atomic E-state index is 0.0926. The van der Waals surface area contributed by atoms with Crippen LogP contribution in [-0.4, -0.2) is 22.2 Å². The van der Waals surface area contributed by atoms with E-state index in [0.29, 0.717) is 12.0 Å². The third-order valence-electron chi connectivity index (χ3n) is 2.34. The lowest BCUT2D eigenvalue weighted by molar-refractivity contribution is 0.0650. The van der Waals surface area contributed by atoms with Gasteiger partial charge in [-0.15, -0.1) is 0 Å². The summed E-state index contributed by atoms with van der Waals surface area (Å²) in [4.78, 5) is 21.8. The first-order valence-corrected chi connectivity index (χ1v) is 4.58. The molecule has 0 fully saturated rings. The third-order valence-corrected chi connectivity index (χ3v) is 2.34. The lowest BCUT2D eigenvalue weighted by atomic mass is 9.95. The van der Waals surface area contributed by atoms with Crippen LogP contribution in [0, 0.1) is 6.92 Å². The molecule has 0 aliphatic rings. The van der Waals surface area contributed by atoms with E-state index in [0.717, 1.165) is 5.56 Å². The highest BCUT2D eigenvalue weighted by Crippen LogP contribution is 2.20. The number of carboxylic acid groups (broad SMARTS) is 2. The van der Waals surface area contributed by atoms with Gasteiger partial charge in [0.15, 0.2) is 0 Å². The van der Waals surface area contributed by atoms with Gasteiger partial charge < -0.3 is 10.2 Å². The van der Waals surface area contributed by atoms with Gasteiger partial charge in [-0.2, -0.15) is 0 Å². The van der Waals surface area contributed by atoms with Gasteiger partial charge >= 0.3 is 11.9 Å². The van der Waals surface area contributed by atoms with Crippen molar-refractivity contribution in [3.63, 3.8) is 0 Å². The Labute approximate surface area is 87.2 Å². The number of benzene rings is 1. The highest BCUT2D eigenvalue weighted by atomic mass is 16.4. The molecule has 1 aromatic carbocycles. The van der Waals surface area contributed by atoms with Crippen molar-refractivity contribution in [1.29, 1.82) is 0 Å². The van der Waals surface area contributed by atoms with E-state index in [4.69, 9.17) is 10.2 Å². The molecule has 0 aliphatic carbocycles. The Balaban J connectivity index is 3.56. The first kappa shape index (κ1) is 11.2. The van der Waals surface area contributed by atoms with E-state index in [1.165, 1.54) is 6.07 Å². The molecule has 4 nitrogen and oxygen atoms in total. The zero-order valence-electron chi connectivity index (χ0n) is 8.57. The molecule has 0 bridgehead atoms. The monoisotopic (exact) mass is 208 g/mol. The molecular weight excluding hydrogens is 196 g/mol. The minimum Gasteiger partial charge on any atom is -0.478 e. The Kier molecular flexibility index (Phi) is 3.09. The first-order chi connectivity index (χ1) is 6.99. The number of aryl methyl sites for hydroxylation is 1. The predicted octanol–water partition coefficient (Wildman–Crippen LogP) is 1.95. The maximum Gasteiger partial charge on any atom is 0.336 e. The summed E-state index contributed by atoms with van der Waals surface area (Å²) >= 11 is 0. The Morgan fingerprint density at radius 2 is 1.80 bits per heavy atom. The second-order valence-electron chi connectivity index (χ2n) is 3.25. The van der Waals surface area contributed by atoms with Crippen LogP contribution >= 0.6 is 0 Å². The van der Waals surface area contributed by atoms with Gasteiger partial charge in [-0.1, -0.05) is 13.0 Å². The SMILES string of the molecule is CCc1c(C)ccc(C(=O)O)c1C(=O)O. The fourth-order valence-corrected chi connectivity index (χ4v) is 1.63. The number of carboxylic acids is 2. The molecular formula is C11H12O4. The quantitative estimate of drug-likeness (QED) is 0.796. The van der Waals surface area contributed by atoms with Crippen LogP contribution in [0.4, 0.5) is 0 Å². The van der Waals surface area contributed by atoms with E-state index >= 15 is 0 Å². The molecule has 4 heteroatoms. The number of aromatic carboxylic acids is 2. The number of carbonyl (C=O) groups is 2. The summed E-state index contributed by atoms with van der Waals surface area (Å²) in [6.07, 6.45) is 0.509. The number of hydrogen-bond donors (Lipinski definition) is 2. The molecule has 0 aliphatic heterocycles. The van der Waals surface area contributed by atoms with E-state index in [1.807, 2.05) is 0 Å². The molecule has 2 N–H and O–H groups in total. The average Bonchev–Trinajstić information content (AvgIpc) is 2.16. The van der Waals surface area contributed by atoms with Crippen LogP contribution in [0.1, 0.15) is 38.8 Å². The van der Waals surface area contributed by atoms with Gasteiger partial charge in [0, 0.05) is 0 Å². The molecule has 80 valence electrons. The summed E-state index contributed by atoms with van der Waals surface area (Å²) in [5.74, 6) is -2.39. The molecule has 0 heterocycles. The van der Waals surface area contributed by atoms with Crippen molar-refractivity contribution in [3.05, 3.63) is 34.4 Å². The van der Waals surface area contributed by atoms with Crippen LogP contribution in [0.25, 0.3) is 0 Å². The van der Waals surface area contributed by atoms with Crippen molar-refractivity contribution in [2.24, 2.45) is 0 Å². The molecule has 0 saturated carbocycles. The normalized spacial score (nSPS) is 10.0. The molecule has 0 atom stereocenters. The Morgan fingerprint density at radius 3 is 2.20 bits per heavy atom. The first-order valence-electron chi connectivity index (χ1n) is 4.58. The second kappa shape index (κ2) is 4.13. The van der Waals surface area contributed by atoms with Crippen LogP contribution in [0.5, 0.6) is 0 Å². The Hall–Kier alpha value is -1.84. The third kappa shape index (κ3) is 1.98. The molecule has 0 amide bonds. The van der Waals surface area contributed by atoms with E-state index in [-0.39, 0.29) is 11.1 Å². The summed E-state index contributed by atoms with van der Waals surface area (Å²) in [7, 11) is 0. The van der Waals surface area contributed by atoms with Crippen molar-refractivity contribution in [3.8, 4) is 0 Å². The van der Waals surface area contributed by atoms with E-state index in [9.17, 15) is 9.59 Å². The van der Waals surface area contributed by atoms with Crippen molar-refractivity contribution in [1.82, 2.24) is 0 Å². The fraction of sp³-hybridized carbons (Fsp3) is 0.273. The van der Waals surface area contributed by atoms with Crippen molar-refractivity contribution >= 4 is 11.9 Å². The highest BCUT2D eigenvalue weighted by Gasteiger charge is 2.20.